The van der Waals surface area contributed by atoms with Crippen LogP contribution in [-0.4, -0.2) is 31.6 Å². The summed E-state index contributed by atoms with van der Waals surface area (Å²) in [5, 5.41) is 3.48. The molecule has 1 fully saturated rings. The van der Waals surface area contributed by atoms with Crippen LogP contribution in [0.3, 0.4) is 0 Å². The fourth-order valence-electron chi connectivity index (χ4n) is 3.11. The van der Waals surface area contributed by atoms with Crippen LogP contribution >= 0.6 is 0 Å². The molecule has 1 aromatic carbocycles. The fraction of sp³-hybridized carbons (Fsp3) is 0.667. The quantitative estimate of drug-likeness (QED) is 0.878. The maximum atomic E-state index is 3.48. The van der Waals surface area contributed by atoms with E-state index in [9.17, 15) is 0 Å². The summed E-state index contributed by atoms with van der Waals surface area (Å²) in [5.74, 6) is 0.608. The second kappa shape index (κ2) is 6.28. The van der Waals surface area contributed by atoms with E-state index in [2.05, 4.69) is 69.2 Å². The second-order valence-corrected chi connectivity index (χ2v) is 7.31. The van der Waals surface area contributed by atoms with Crippen molar-refractivity contribution in [3.63, 3.8) is 0 Å². The number of benzene rings is 1. The molecule has 0 bridgehead atoms. The van der Waals surface area contributed by atoms with Gasteiger partial charge in [-0.2, -0.15) is 0 Å². The highest BCUT2D eigenvalue weighted by Crippen LogP contribution is 2.30. The topological polar surface area (TPSA) is 15.3 Å². The Bertz CT molecular complexity index is 420. The average Bonchev–Trinajstić information content (AvgIpc) is 2.75. The Kier molecular flexibility index (Phi) is 4.87. The summed E-state index contributed by atoms with van der Waals surface area (Å²) in [5.41, 5.74) is 3.31. The fourth-order valence-corrected chi connectivity index (χ4v) is 3.11. The second-order valence-electron chi connectivity index (χ2n) is 7.31. The molecule has 2 nitrogen and oxygen atoms in total. The van der Waals surface area contributed by atoms with Crippen LogP contribution in [0.2, 0.25) is 0 Å². The van der Waals surface area contributed by atoms with Crippen LogP contribution in [0.1, 0.15) is 57.2 Å². The van der Waals surface area contributed by atoms with E-state index in [1.807, 2.05) is 0 Å². The lowest BCUT2D eigenvalue weighted by Crippen LogP contribution is -2.33. The smallest absolute Gasteiger partial charge is 0.0446 e. The highest BCUT2D eigenvalue weighted by molar-refractivity contribution is 5.27. The molecule has 1 N–H and O–H groups in total. The molecule has 1 atom stereocenters. The average molecular weight is 274 g/mol. The Morgan fingerprint density at radius 3 is 2.20 bits per heavy atom. The number of likely N-dealkylation sites (N-methyl/N-ethyl adjacent to an activating group) is 1. The van der Waals surface area contributed by atoms with Gasteiger partial charge in [-0.25, -0.2) is 0 Å². The van der Waals surface area contributed by atoms with E-state index in [4.69, 9.17) is 0 Å². The van der Waals surface area contributed by atoms with Gasteiger partial charge < -0.3 is 10.2 Å². The summed E-state index contributed by atoms with van der Waals surface area (Å²) < 4.78 is 0. The molecule has 0 spiro atoms. The van der Waals surface area contributed by atoms with Crippen LogP contribution in [0.25, 0.3) is 0 Å². The van der Waals surface area contributed by atoms with Crippen molar-refractivity contribution in [2.45, 2.75) is 46.1 Å². The third-order valence-electron chi connectivity index (χ3n) is 4.55. The van der Waals surface area contributed by atoms with Crippen LogP contribution in [0.4, 0.5) is 0 Å². The van der Waals surface area contributed by atoms with Crippen LogP contribution < -0.4 is 5.32 Å². The van der Waals surface area contributed by atoms with Crippen molar-refractivity contribution in [3.8, 4) is 0 Å². The van der Waals surface area contributed by atoms with Crippen molar-refractivity contribution in [1.29, 1.82) is 0 Å². The van der Waals surface area contributed by atoms with Crippen molar-refractivity contribution < 1.29 is 0 Å². The van der Waals surface area contributed by atoms with Crippen molar-refractivity contribution in [2.24, 2.45) is 5.41 Å². The lowest BCUT2D eigenvalue weighted by atomic mass is 9.93. The third kappa shape index (κ3) is 3.83. The van der Waals surface area contributed by atoms with E-state index in [1.165, 1.54) is 30.6 Å². The minimum absolute atomic E-state index is 0.435. The van der Waals surface area contributed by atoms with Gasteiger partial charge >= 0.3 is 0 Å². The van der Waals surface area contributed by atoms with E-state index < -0.39 is 0 Å². The Hall–Kier alpha value is -0.860. The number of nitrogens with one attached hydrogen (secondary N) is 1. The molecule has 20 heavy (non-hydrogen) atoms. The molecular formula is C18H30N2. The Balaban J connectivity index is 2.01. The van der Waals surface area contributed by atoms with Crippen molar-refractivity contribution in [2.75, 3.05) is 26.7 Å². The molecule has 0 radical (unpaired) electrons. The molecule has 1 saturated heterocycles. The summed E-state index contributed by atoms with van der Waals surface area (Å²) in [6, 6.07) is 9.57. The van der Waals surface area contributed by atoms with Crippen molar-refractivity contribution in [3.05, 3.63) is 35.4 Å². The van der Waals surface area contributed by atoms with Gasteiger partial charge in [-0.3, -0.25) is 0 Å². The molecule has 2 heteroatoms. The summed E-state index contributed by atoms with van der Waals surface area (Å²) in [6.07, 6.45) is 1.32. The van der Waals surface area contributed by atoms with Gasteiger partial charge in [0.15, 0.2) is 0 Å². The number of hydrogen-bond donors (Lipinski definition) is 1. The Morgan fingerprint density at radius 2 is 1.75 bits per heavy atom. The van der Waals surface area contributed by atoms with Crippen LogP contribution in [0.15, 0.2) is 24.3 Å². The molecule has 0 aromatic heterocycles. The normalized spacial score (nSPS) is 20.5. The van der Waals surface area contributed by atoms with Gasteiger partial charge in [0, 0.05) is 19.1 Å². The van der Waals surface area contributed by atoms with E-state index >= 15 is 0 Å². The maximum absolute atomic E-state index is 3.48. The zero-order valence-corrected chi connectivity index (χ0v) is 13.7. The van der Waals surface area contributed by atoms with E-state index in [1.54, 1.807) is 0 Å². The molecular weight excluding hydrogens is 244 g/mol. The molecule has 1 aliphatic rings. The first-order valence-corrected chi connectivity index (χ1v) is 7.91. The number of hydrogen-bond acceptors (Lipinski definition) is 2. The molecule has 1 heterocycles. The Morgan fingerprint density at radius 1 is 1.15 bits per heavy atom. The molecule has 0 amide bonds. The molecule has 0 aliphatic carbocycles. The van der Waals surface area contributed by atoms with Gasteiger partial charge in [-0.05, 0) is 42.5 Å². The standard InChI is InChI=1S/C18H30N2/c1-14(2)15-6-8-16(9-7-15)17(19-5)12-20-11-10-18(3,4)13-20/h6-9,14,17,19H,10-13H2,1-5H3. The van der Waals surface area contributed by atoms with Crippen molar-refractivity contribution >= 4 is 0 Å². The lowest BCUT2D eigenvalue weighted by molar-refractivity contribution is 0.265. The van der Waals surface area contributed by atoms with Crippen LogP contribution in [-0.2, 0) is 0 Å². The van der Waals surface area contributed by atoms with E-state index in [0.717, 1.165) is 6.54 Å². The van der Waals surface area contributed by atoms with Crippen LogP contribution in [0, 0.1) is 5.41 Å². The van der Waals surface area contributed by atoms with E-state index in [0.29, 0.717) is 17.4 Å². The molecule has 0 saturated carbocycles. The minimum Gasteiger partial charge on any atom is -0.312 e. The van der Waals surface area contributed by atoms with Gasteiger partial charge in [0.2, 0.25) is 0 Å². The Labute approximate surface area is 124 Å². The lowest BCUT2D eigenvalue weighted by Gasteiger charge is -2.25. The summed E-state index contributed by atoms with van der Waals surface area (Å²) in [4.78, 5) is 2.59. The summed E-state index contributed by atoms with van der Waals surface area (Å²) >= 11 is 0. The minimum atomic E-state index is 0.435. The molecule has 112 valence electrons. The zero-order valence-electron chi connectivity index (χ0n) is 13.7. The maximum Gasteiger partial charge on any atom is 0.0446 e. The van der Waals surface area contributed by atoms with E-state index in [-0.39, 0.29) is 0 Å². The number of nitrogens with zero attached hydrogens (tertiary/aromatic N) is 1. The van der Waals surface area contributed by atoms with Crippen molar-refractivity contribution in [1.82, 2.24) is 10.2 Å². The summed E-state index contributed by atoms with van der Waals surface area (Å²) in [6.45, 7) is 12.8. The number of rotatable bonds is 5. The molecule has 2 rings (SSSR count). The predicted molar refractivity (Wildman–Crippen MR) is 87.2 cm³/mol. The SMILES string of the molecule is CNC(CN1CCC(C)(C)C1)c1ccc(C(C)C)cc1. The highest BCUT2D eigenvalue weighted by Gasteiger charge is 2.30. The molecule has 1 unspecified atom stereocenters. The largest absolute Gasteiger partial charge is 0.312 e. The molecule has 1 aliphatic heterocycles. The molecule has 1 aromatic rings. The first-order chi connectivity index (χ1) is 9.41. The third-order valence-corrected chi connectivity index (χ3v) is 4.55. The first kappa shape index (κ1) is 15.5. The number of likely N-dealkylation sites (tertiary alicyclic amines) is 1. The monoisotopic (exact) mass is 274 g/mol. The van der Waals surface area contributed by atoms with Gasteiger partial charge in [-0.15, -0.1) is 0 Å². The van der Waals surface area contributed by atoms with Gasteiger partial charge in [-0.1, -0.05) is 52.0 Å². The van der Waals surface area contributed by atoms with Gasteiger partial charge in [0.1, 0.15) is 0 Å². The highest BCUT2D eigenvalue weighted by atomic mass is 15.2. The van der Waals surface area contributed by atoms with Gasteiger partial charge in [0.05, 0.1) is 0 Å². The van der Waals surface area contributed by atoms with Gasteiger partial charge in [0.25, 0.3) is 0 Å². The zero-order chi connectivity index (χ0) is 14.8. The first-order valence-electron chi connectivity index (χ1n) is 7.91. The predicted octanol–water partition coefficient (Wildman–Crippen LogP) is 3.80. The van der Waals surface area contributed by atoms with Crippen LogP contribution in [0.5, 0.6) is 0 Å². The summed E-state index contributed by atoms with van der Waals surface area (Å²) in [7, 11) is 2.07.